The first-order chi connectivity index (χ1) is 20.2. The first kappa shape index (κ1) is 31.3. The molecule has 1 aliphatic rings. The number of aliphatic hydroxyl groups excluding tert-OH is 1. The topological polar surface area (TPSA) is 120 Å². The number of carbonyl (C=O) groups excluding carboxylic acids is 1. The van der Waals surface area contributed by atoms with Crippen molar-refractivity contribution in [3.8, 4) is 5.75 Å². The molecule has 42 heavy (non-hydrogen) atoms. The van der Waals surface area contributed by atoms with Crippen molar-refractivity contribution in [1.29, 1.82) is 0 Å². The van der Waals surface area contributed by atoms with Gasteiger partial charge in [-0.05, 0) is 67.6 Å². The van der Waals surface area contributed by atoms with Gasteiger partial charge in [-0.25, -0.2) is 12.8 Å². The molecule has 0 aromatic heterocycles. The summed E-state index contributed by atoms with van der Waals surface area (Å²) in [6.45, 7) is 3.40. The zero-order chi connectivity index (χ0) is 30.1. The van der Waals surface area contributed by atoms with Gasteiger partial charge >= 0.3 is 0 Å². The quantitative estimate of drug-likeness (QED) is 0.237. The molecule has 2 atom stereocenters. The summed E-state index contributed by atoms with van der Waals surface area (Å²) in [6, 6.07) is 18.5. The predicted molar refractivity (Wildman–Crippen MR) is 163 cm³/mol. The van der Waals surface area contributed by atoms with Gasteiger partial charge in [0.15, 0.2) is 11.6 Å². The van der Waals surface area contributed by atoms with Crippen LogP contribution in [0.5, 0.6) is 5.75 Å². The smallest absolute Gasteiger partial charge is 0.251 e. The van der Waals surface area contributed by atoms with Crippen LogP contribution in [-0.2, 0) is 23.0 Å². The second-order valence-corrected chi connectivity index (χ2v) is 12.3. The molecule has 0 saturated carbocycles. The Morgan fingerprint density at radius 1 is 1.07 bits per heavy atom. The molecule has 0 aliphatic carbocycles. The van der Waals surface area contributed by atoms with Crippen LogP contribution >= 0.6 is 0 Å². The summed E-state index contributed by atoms with van der Waals surface area (Å²) < 4.78 is 45.8. The average molecular weight is 599 g/mol. The Balaban J connectivity index is 1.52. The molecule has 1 fully saturated rings. The normalized spacial score (nSPS) is 16.0. The van der Waals surface area contributed by atoms with Gasteiger partial charge in [0.05, 0.1) is 30.7 Å². The van der Waals surface area contributed by atoms with E-state index >= 15 is 0 Å². The first-order valence-electron chi connectivity index (χ1n) is 14.2. The zero-order valence-electron chi connectivity index (χ0n) is 24.0. The summed E-state index contributed by atoms with van der Waals surface area (Å²) in [5.41, 5.74) is 3.09. The minimum absolute atomic E-state index is 0.0724. The molecule has 9 nitrogen and oxygen atoms in total. The van der Waals surface area contributed by atoms with Crippen LogP contribution in [0.15, 0.2) is 66.7 Å². The summed E-state index contributed by atoms with van der Waals surface area (Å²) in [4.78, 5) is 13.6. The van der Waals surface area contributed by atoms with Gasteiger partial charge in [-0.2, -0.15) is 0 Å². The van der Waals surface area contributed by atoms with E-state index in [9.17, 15) is 22.7 Å². The number of benzene rings is 3. The molecule has 3 aromatic rings. The number of rotatable bonds is 13. The Kier molecular flexibility index (Phi) is 10.8. The number of carbonyl (C=O) groups is 1. The van der Waals surface area contributed by atoms with Crippen LogP contribution in [0.1, 0.15) is 41.3 Å². The maximum absolute atomic E-state index is 13.8. The highest BCUT2D eigenvalue weighted by Crippen LogP contribution is 2.28. The van der Waals surface area contributed by atoms with Crippen molar-refractivity contribution in [3.63, 3.8) is 0 Å². The lowest BCUT2D eigenvalue weighted by molar-refractivity contribution is 0.0830. The van der Waals surface area contributed by atoms with E-state index in [1.807, 2.05) is 37.3 Å². The molecule has 4 rings (SSSR count). The van der Waals surface area contributed by atoms with Crippen LogP contribution in [0.25, 0.3) is 0 Å². The van der Waals surface area contributed by atoms with Gasteiger partial charge in [-0.1, -0.05) is 36.4 Å². The number of hydrogen-bond acceptors (Lipinski definition) is 7. The van der Waals surface area contributed by atoms with Crippen LogP contribution in [0.3, 0.4) is 0 Å². The number of hydrogen-bond donors (Lipinski definition) is 4. The van der Waals surface area contributed by atoms with Gasteiger partial charge in [-0.15, -0.1) is 0 Å². The molecule has 1 amide bonds. The maximum atomic E-state index is 13.8. The molecule has 0 bridgehead atoms. The van der Waals surface area contributed by atoms with E-state index in [1.54, 1.807) is 30.3 Å². The van der Waals surface area contributed by atoms with Crippen molar-refractivity contribution in [1.82, 2.24) is 10.6 Å². The van der Waals surface area contributed by atoms with Crippen LogP contribution < -0.4 is 25.0 Å². The van der Waals surface area contributed by atoms with E-state index in [1.165, 1.54) is 17.5 Å². The van der Waals surface area contributed by atoms with Crippen LogP contribution in [0.2, 0.25) is 0 Å². The Morgan fingerprint density at radius 3 is 2.57 bits per heavy atom. The molecule has 4 N–H and O–H groups in total. The highest BCUT2D eigenvalue weighted by molar-refractivity contribution is 7.92. The van der Waals surface area contributed by atoms with E-state index in [4.69, 9.17) is 4.74 Å². The summed E-state index contributed by atoms with van der Waals surface area (Å²) in [5, 5.41) is 20.5. The van der Waals surface area contributed by atoms with Gasteiger partial charge in [0.2, 0.25) is 10.0 Å². The second kappa shape index (κ2) is 14.5. The summed E-state index contributed by atoms with van der Waals surface area (Å²) >= 11 is 0. The van der Waals surface area contributed by atoms with Gasteiger partial charge in [0.25, 0.3) is 5.91 Å². The lowest BCUT2D eigenvalue weighted by Crippen LogP contribution is -2.48. The largest absolute Gasteiger partial charge is 0.494 e. The van der Waals surface area contributed by atoms with Crippen LogP contribution in [0, 0.1) is 5.82 Å². The summed E-state index contributed by atoms with van der Waals surface area (Å²) in [5.74, 6) is -0.663. The summed E-state index contributed by atoms with van der Waals surface area (Å²) in [7, 11) is -2.07. The van der Waals surface area contributed by atoms with Crippen LogP contribution in [-0.4, -0.2) is 64.1 Å². The van der Waals surface area contributed by atoms with E-state index in [-0.39, 0.29) is 18.0 Å². The van der Waals surface area contributed by atoms with E-state index in [2.05, 4.69) is 16.0 Å². The van der Waals surface area contributed by atoms with Gasteiger partial charge in [0.1, 0.15) is 0 Å². The van der Waals surface area contributed by atoms with Crippen molar-refractivity contribution >= 4 is 27.3 Å². The van der Waals surface area contributed by atoms with Crippen molar-refractivity contribution < 1.29 is 27.4 Å². The van der Waals surface area contributed by atoms with Gasteiger partial charge < -0.3 is 25.8 Å². The highest BCUT2D eigenvalue weighted by atomic mass is 32.2. The number of aliphatic hydroxyl groups is 1. The Hall–Kier alpha value is -3.67. The van der Waals surface area contributed by atoms with Crippen molar-refractivity contribution in [2.45, 2.75) is 44.9 Å². The highest BCUT2D eigenvalue weighted by Gasteiger charge is 2.28. The monoisotopic (exact) mass is 598 g/mol. The fourth-order valence-corrected chi connectivity index (χ4v) is 6.62. The fourth-order valence-electron chi connectivity index (χ4n) is 5.00. The number of sulfonamides is 1. The molecule has 1 aliphatic heterocycles. The SMILES string of the molecule is CCNc1cc(C(=O)N[C@@H](Cc2ccccc2)[C@H](O)CNCc2ccc(F)c(OC)c2)cc(N2CCCCS2(=O)=O)c1. The Labute approximate surface area is 247 Å². The minimum atomic E-state index is -3.47. The summed E-state index contributed by atoms with van der Waals surface area (Å²) in [6.07, 6.45) is 0.770. The van der Waals surface area contributed by atoms with Crippen molar-refractivity contribution in [2.24, 2.45) is 0 Å². The average Bonchev–Trinajstić information content (AvgIpc) is 2.98. The molecule has 11 heteroatoms. The molecule has 1 heterocycles. The standard InChI is InChI=1S/C31H39FN4O5S/c1-3-34-25-17-24(18-26(19-25)36-13-7-8-14-42(36,39)40)31(38)35-28(15-22-9-5-4-6-10-22)29(37)21-33-20-23-11-12-27(32)30(16-23)41-2/h4-6,9-12,16-19,28-29,33-34,37H,3,7-8,13-15,20-21H2,1-2H3,(H,35,38)/t28-,29+/m0/s1. The van der Waals surface area contributed by atoms with Crippen molar-refractivity contribution in [3.05, 3.63) is 89.2 Å². The maximum Gasteiger partial charge on any atom is 0.251 e. The molecule has 0 radical (unpaired) electrons. The Bertz CT molecular complexity index is 1450. The number of anilines is 2. The molecular weight excluding hydrogens is 559 g/mol. The number of nitrogens with one attached hydrogen (secondary N) is 3. The van der Waals surface area contributed by atoms with E-state index < -0.39 is 33.9 Å². The van der Waals surface area contributed by atoms with Gasteiger partial charge in [0, 0.05) is 37.4 Å². The number of amides is 1. The van der Waals surface area contributed by atoms with Gasteiger partial charge in [-0.3, -0.25) is 9.10 Å². The Morgan fingerprint density at radius 2 is 1.86 bits per heavy atom. The third-order valence-electron chi connectivity index (χ3n) is 7.18. The third kappa shape index (κ3) is 8.21. The molecule has 1 saturated heterocycles. The number of methoxy groups -OCH3 is 1. The molecule has 226 valence electrons. The number of ether oxygens (including phenoxy) is 1. The third-order valence-corrected chi connectivity index (χ3v) is 9.05. The lowest BCUT2D eigenvalue weighted by atomic mass is 10.00. The number of halogens is 1. The number of nitrogens with zero attached hydrogens (tertiary/aromatic N) is 1. The predicted octanol–water partition coefficient (Wildman–Crippen LogP) is 3.69. The van der Waals surface area contributed by atoms with Crippen LogP contribution in [0.4, 0.5) is 15.8 Å². The van der Waals surface area contributed by atoms with E-state index in [0.29, 0.717) is 49.4 Å². The zero-order valence-corrected chi connectivity index (χ0v) is 24.8. The molecule has 3 aromatic carbocycles. The first-order valence-corrected chi connectivity index (χ1v) is 15.8. The lowest BCUT2D eigenvalue weighted by Gasteiger charge is -2.29. The second-order valence-electron chi connectivity index (χ2n) is 10.3. The molecule has 0 unspecified atom stereocenters. The molecule has 0 spiro atoms. The van der Waals surface area contributed by atoms with E-state index in [0.717, 1.165) is 17.5 Å². The minimum Gasteiger partial charge on any atom is -0.494 e. The fraction of sp³-hybridized carbons (Fsp3) is 0.387. The molecular formula is C31H39FN4O5S. The van der Waals surface area contributed by atoms with Crippen molar-refractivity contribution in [2.75, 3.05) is 42.1 Å².